The first-order valence-electron chi connectivity index (χ1n) is 11.2. The number of halogens is 1. The van der Waals surface area contributed by atoms with E-state index >= 15 is 0 Å². The number of aromatic nitrogens is 1. The molecule has 3 heterocycles. The first-order chi connectivity index (χ1) is 15.5. The maximum absolute atomic E-state index is 14.4. The summed E-state index contributed by atoms with van der Waals surface area (Å²) in [6, 6.07) is 14.9. The molecule has 0 radical (unpaired) electrons. The Kier molecular flexibility index (Phi) is 6.81. The summed E-state index contributed by atoms with van der Waals surface area (Å²) in [5.74, 6) is -0.519. The number of hydrogen-bond donors (Lipinski definition) is 3. The van der Waals surface area contributed by atoms with Crippen LogP contribution in [0.4, 0.5) is 10.2 Å². The molecule has 166 valence electrons. The van der Waals surface area contributed by atoms with E-state index < -0.39 is 5.95 Å². The van der Waals surface area contributed by atoms with Crippen molar-refractivity contribution in [2.45, 2.75) is 32.6 Å². The molecule has 0 bridgehead atoms. The molecule has 0 atom stereocenters. The van der Waals surface area contributed by atoms with Crippen molar-refractivity contribution in [1.82, 2.24) is 15.6 Å². The standard InChI is InChI=1S/C21H18FN3O.C5H11N/c1-12-2-4-13(5-3-12)17-11-18(20(23)25-19(17)22)14-6-7-16-15(10-14)8-9-24-21(16)26;1-2-4-6-5-3-1/h2-7,10-11H,8-9H2,1H3,(H2,23,25)(H,24,26);6H,1-5H2. The highest BCUT2D eigenvalue weighted by molar-refractivity contribution is 5.97. The van der Waals surface area contributed by atoms with E-state index in [1.54, 1.807) is 12.1 Å². The van der Waals surface area contributed by atoms with E-state index in [9.17, 15) is 9.18 Å². The van der Waals surface area contributed by atoms with Crippen molar-refractivity contribution in [3.8, 4) is 22.3 Å². The molecule has 2 aliphatic rings. The van der Waals surface area contributed by atoms with Crippen LogP contribution in [0.25, 0.3) is 22.3 Å². The molecular weight excluding hydrogens is 403 g/mol. The van der Waals surface area contributed by atoms with E-state index in [2.05, 4.69) is 15.6 Å². The van der Waals surface area contributed by atoms with E-state index in [-0.39, 0.29) is 11.7 Å². The van der Waals surface area contributed by atoms with Crippen molar-refractivity contribution in [2.24, 2.45) is 0 Å². The van der Waals surface area contributed by atoms with Crippen LogP contribution in [0.5, 0.6) is 0 Å². The predicted octanol–water partition coefficient (Wildman–Crippen LogP) is 4.49. The minimum atomic E-state index is -0.590. The smallest absolute Gasteiger partial charge is 0.251 e. The lowest BCUT2D eigenvalue weighted by atomic mass is 9.94. The summed E-state index contributed by atoms with van der Waals surface area (Å²) in [7, 11) is 0. The largest absolute Gasteiger partial charge is 0.383 e. The van der Waals surface area contributed by atoms with Gasteiger partial charge in [0.05, 0.1) is 0 Å². The van der Waals surface area contributed by atoms with Crippen molar-refractivity contribution < 1.29 is 9.18 Å². The molecule has 1 saturated heterocycles. The quantitative estimate of drug-likeness (QED) is 0.521. The Morgan fingerprint density at radius 3 is 2.25 bits per heavy atom. The fourth-order valence-corrected chi connectivity index (χ4v) is 4.07. The molecule has 2 aliphatic heterocycles. The SMILES string of the molecule is C1CCNCC1.Cc1ccc(-c2cc(-c3ccc4c(c3)CCNC4=O)c(N)nc2F)cc1. The number of pyridine rings is 1. The maximum atomic E-state index is 14.4. The van der Waals surface area contributed by atoms with E-state index in [1.165, 1.54) is 32.4 Å². The van der Waals surface area contributed by atoms with Gasteiger partial charge in [-0.1, -0.05) is 48.4 Å². The zero-order chi connectivity index (χ0) is 22.5. The highest BCUT2D eigenvalue weighted by atomic mass is 19.1. The third kappa shape index (κ3) is 4.97. The summed E-state index contributed by atoms with van der Waals surface area (Å²) < 4.78 is 14.4. The Labute approximate surface area is 188 Å². The molecule has 3 aromatic rings. The molecule has 0 aliphatic carbocycles. The number of hydrogen-bond acceptors (Lipinski definition) is 4. The number of fused-ring (bicyclic) bond motifs is 1. The zero-order valence-electron chi connectivity index (χ0n) is 18.4. The summed E-state index contributed by atoms with van der Waals surface area (Å²) in [6.07, 6.45) is 4.97. The fraction of sp³-hybridized carbons (Fsp3) is 0.308. The van der Waals surface area contributed by atoms with Gasteiger partial charge in [0.15, 0.2) is 0 Å². The molecule has 4 N–H and O–H groups in total. The van der Waals surface area contributed by atoms with Gasteiger partial charge in [0.2, 0.25) is 5.95 Å². The van der Waals surface area contributed by atoms with Gasteiger partial charge in [-0.05, 0) is 68.1 Å². The van der Waals surface area contributed by atoms with E-state index in [4.69, 9.17) is 5.73 Å². The predicted molar refractivity (Wildman–Crippen MR) is 127 cm³/mol. The number of anilines is 1. The maximum Gasteiger partial charge on any atom is 0.251 e. The van der Waals surface area contributed by atoms with Crippen LogP contribution in [0.15, 0.2) is 48.5 Å². The first-order valence-corrected chi connectivity index (χ1v) is 11.2. The average Bonchev–Trinajstić information content (AvgIpc) is 2.81. The molecule has 1 amide bonds. The Bertz CT molecular complexity index is 1100. The third-order valence-corrected chi connectivity index (χ3v) is 5.92. The van der Waals surface area contributed by atoms with E-state index in [1.807, 2.05) is 43.3 Å². The van der Waals surface area contributed by atoms with Gasteiger partial charge in [-0.2, -0.15) is 4.39 Å². The van der Waals surface area contributed by atoms with Gasteiger partial charge < -0.3 is 16.4 Å². The average molecular weight is 433 g/mol. The highest BCUT2D eigenvalue weighted by Gasteiger charge is 2.19. The number of rotatable bonds is 2. The van der Waals surface area contributed by atoms with Crippen LogP contribution in [0.3, 0.4) is 0 Å². The number of nitrogen functional groups attached to an aromatic ring is 1. The minimum absolute atomic E-state index is 0.0663. The minimum Gasteiger partial charge on any atom is -0.383 e. The summed E-state index contributed by atoms with van der Waals surface area (Å²) in [5.41, 5.74) is 11.4. The zero-order valence-corrected chi connectivity index (χ0v) is 18.4. The molecule has 0 unspecified atom stereocenters. The Morgan fingerprint density at radius 1 is 0.875 bits per heavy atom. The van der Waals surface area contributed by atoms with Crippen LogP contribution in [0.2, 0.25) is 0 Å². The third-order valence-electron chi connectivity index (χ3n) is 5.92. The number of carbonyl (C=O) groups excluding carboxylic acids is 1. The van der Waals surface area contributed by atoms with E-state index in [0.717, 1.165) is 28.7 Å². The monoisotopic (exact) mass is 432 g/mol. The second-order valence-electron chi connectivity index (χ2n) is 8.31. The molecule has 1 fully saturated rings. The van der Waals surface area contributed by atoms with Crippen LogP contribution in [0, 0.1) is 12.9 Å². The lowest BCUT2D eigenvalue weighted by Crippen LogP contribution is -2.31. The van der Waals surface area contributed by atoms with Gasteiger partial charge in [0, 0.05) is 23.2 Å². The van der Waals surface area contributed by atoms with Gasteiger partial charge in [-0.15, -0.1) is 0 Å². The molecule has 6 heteroatoms. The Morgan fingerprint density at radius 2 is 1.59 bits per heavy atom. The number of nitrogens with one attached hydrogen (secondary N) is 2. The van der Waals surface area contributed by atoms with E-state index in [0.29, 0.717) is 23.2 Å². The molecular formula is C26H29FN4O. The summed E-state index contributed by atoms with van der Waals surface area (Å²) in [5, 5.41) is 6.11. The lowest BCUT2D eigenvalue weighted by molar-refractivity contribution is 0.0946. The number of carbonyl (C=O) groups is 1. The molecule has 0 spiro atoms. The van der Waals surface area contributed by atoms with Crippen LogP contribution in [-0.4, -0.2) is 30.5 Å². The number of amides is 1. The Balaban J connectivity index is 0.000000354. The molecule has 32 heavy (non-hydrogen) atoms. The van der Waals surface area contributed by atoms with Gasteiger partial charge in [0.25, 0.3) is 5.91 Å². The van der Waals surface area contributed by atoms with Crippen LogP contribution >= 0.6 is 0 Å². The summed E-state index contributed by atoms with van der Waals surface area (Å²) in [4.78, 5) is 15.8. The number of aryl methyl sites for hydroxylation is 1. The number of benzene rings is 2. The summed E-state index contributed by atoms with van der Waals surface area (Å²) >= 11 is 0. The van der Waals surface area contributed by atoms with Crippen molar-refractivity contribution in [1.29, 1.82) is 0 Å². The normalized spacial score (nSPS) is 15.2. The molecule has 2 aromatic carbocycles. The number of piperidine rings is 1. The topological polar surface area (TPSA) is 80.0 Å². The number of nitrogens with zero attached hydrogens (tertiary/aromatic N) is 1. The fourth-order valence-electron chi connectivity index (χ4n) is 4.07. The van der Waals surface area contributed by atoms with Crippen molar-refractivity contribution in [3.63, 3.8) is 0 Å². The summed E-state index contributed by atoms with van der Waals surface area (Å²) in [6.45, 7) is 5.09. The molecule has 5 nitrogen and oxygen atoms in total. The van der Waals surface area contributed by atoms with Crippen LogP contribution < -0.4 is 16.4 Å². The van der Waals surface area contributed by atoms with Crippen molar-refractivity contribution in [2.75, 3.05) is 25.4 Å². The first kappa shape index (κ1) is 22.0. The van der Waals surface area contributed by atoms with Crippen LogP contribution in [-0.2, 0) is 6.42 Å². The molecule has 5 rings (SSSR count). The lowest BCUT2D eigenvalue weighted by Gasteiger charge is -2.18. The van der Waals surface area contributed by atoms with Crippen molar-refractivity contribution >= 4 is 11.7 Å². The van der Waals surface area contributed by atoms with Gasteiger partial charge in [-0.25, -0.2) is 4.98 Å². The second-order valence-corrected chi connectivity index (χ2v) is 8.31. The second kappa shape index (κ2) is 9.92. The molecule has 1 aromatic heterocycles. The molecule has 0 saturated carbocycles. The number of nitrogens with two attached hydrogens (primary N) is 1. The highest BCUT2D eigenvalue weighted by Crippen LogP contribution is 2.33. The van der Waals surface area contributed by atoms with Gasteiger partial charge >= 0.3 is 0 Å². The Hall–Kier alpha value is -3.25. The van der Waals surface area contributed by atoms with Gasteiger partial charge in [0.1, 0.15) is 5.82 Å². The van der Waals surface area contributed by atoms with Gasteiger partial charge in [-0.3, -0.25) is 4.79 Å². The van der Waals surface area contributed by atoms with Crippen molar-refractivity contribution in [3.05, 3.63) is 71.2 Å². The van der Waals surface area contributed by atoms with Crippen LogP contribution in [0.1, 0.15) is 40.7 Å².